The van der Waals surface area contributed by atoms with Gasteiger partial charge in [-0.3, -0.25) is 4.79 Å². The quantitative estimate of drug-likeness (QED) is 0.511. The molecule has 1 aromatic heterocycles. The molecule has 0 radical (unpaired) electrons. The van der Waals surface area contributed by atoms with Crippen LogP contribution in [-0.4, -0.2) is 15.9 Å². The molecule has 0 aliphatic rings. The van der Waals surface area contributed by atoms with Gasteiger partial charge in [0.25, 0.3) is 5.91 Å². The molecule has 5 nitrogen and oxygen atoms in total. The molecule has 0 fully saturated rings. The SMILES string of the molecule is Cc1cc(N)ccc1C(=O)Nc1ccc(C)c(-c2ncnc3ccccc23)c1. The Balaban J connectivity index is 1.72. The standard InChI is InChI=1S/C23H20N4O/c1-14-7-9-17(27-23(28)18-10-8-16(24)11-15(18)2)12-20(14)22-19-5-3-4-6-21(19)25-13-26-22/h3-13H,24H2,1-2H3,(H,27,28). The van der Waals surface area contributed by atoms with Gasteiger partial charge < -0.3 is 11.1 Å². The van der Waals surface area contributed by atoms with Crippen molar-refractivity contribution in [1.82, 2.24) is 9.97 Å². The molecule has 1 amide bonds. The number of aryl methyl sites for hydroxylation is 2. The first kappa shape index (κ1) is 17.7. The number of hydrogen-bond acceptors (Lipinski definition) is 4. The Morgan fingerprint density at radius 2 is 1.75 bits per heavy atom. The van der Waals surface area contributed by atoms with Crippen molar-refractivity contribution in [2.45, 2.75) is 13.8 Å². The average Bonchev–Trinajstić information content (AvgIpc) is 2.69. The highest BCUT2D eigenvalue weighted by atomic mass is 16.1. The second-order valence-electron chi connectivity index (χ2n) is 6.80. The minimum atomic E-state index is -0.167. The number of nitrogens with two attached hydrogens (primary N) is 1. The van der Waals surface area contributed by atoms with E-state index in [2.05, 4.69) is 15.3 Å². The molecule has 0 saturated heterocycles. The summed E-state index contributed by atoms with van der Waals surface area (Å²) in [4.78, 5) is 21.5. The lowest BCUT2D eigenvalue weighted by atomic mass is 10.0. The number of hydrogen-bond donors (Lipinski definition) is 2. The van der Waals surface area contributed by atoms with E-state index in [1.165, 1.54) is 0 Å². The molecule has 3 aromatic carbocycles. The van der Waals surface area contributed by atoms with Crippen molar-refractivity contribution in [1.29, 1.82) is 0 Å². The molecule has 28 heavy (non-hydrogen) atoms. The summed E-state index contributed by atoms with van der Waals surface area (Å²) in [6, 6.07) is 19.0. The van der Waals surface area contributed by atoms with Crippen LogP contribution in [0, 0.1) is 13.8 Å². The molecule has 1 heterocycles. The van der Waals surface area contributed by atoms with Gasteiger partial charge in [-0.2, -0.15) is 0 Å². The van der Waals surface area contributed by atoms with Crippen LogP contribution in [0.15, 0.2) is 67.0 Å². The summed E-state index contributed by atoms with van der Waals surface area (Å²) >= 11 is 0. The van der Waals surface area contributed by atoms with Gasteiger partial charge in [-0.1, -0.05) is 24.3 Å². The van der Waals surface area contributed by atoms with Crippen molar-refractivity contribution >= 4 is 28.2 Å². The largest absolute Gasteiger partial charge is 0.399 e. The van der Waals surface area contributed by atoms with E-state index >= 15 is 0 Å². The van der Waals surface area contributed by atoms with E-state index in [1.807, 2.05) is 56.3 Å². The van der Waals surface area contributed by atoms with E-state index in [0.29, 0.717) is 16.9 Å². The van der Waals surface area contributed by atoms with Crippen LogP contribution in [0.3, 0.4) is 0 Å². The molecule has 0 aliphatic carbocycles. The van der Waals surface area contributed by atoms with Gasteiger partial charge in [0, 0.05) is 27.9 Å². The van der Waals surface area contributed by atoms with Crippen molar-refractivity contribution in [3.05, 3.63) is 83.7 Å². The number of benzene rings is 3. The summed E-state index contributed by atoms with van der Waals surface area (Å²) in [5, 5.41) is 3.96. The third-order valence-corrected chi connectivity index (χ3v) is 4.79. The number of anilines is 2. The van der Waals surface area contributed by atoms with Crippen LogP contribution in [0.1, 0.15) is 21.5 Å². The van der Waals surface area contributed by atoms with Gasteiger partial charge in [0.2, 0.25) is 0 Å². The minimum absolute atomic E-state index is 0.167. The summed E-state index contributed by atoms with van der Waals surface area (Å²) in [6.45, 7) is 3.90. The lowest BCUT2D eigenvalue weighted by molar-refractivity contribution is 0.102. The summed E-state index contributed by atoms with van der Waals surface area (Å²) in [5.41, 5.74) is 12.4. The van der Waals surface area contributed by atoms with Gasteiger partial charge in [-0.25, -0.2) is 9.97 Å². The van der Waals surface area contributed by atoms with Gasteiger partial charge in [0.15, 0.2) is 0 Å². The Hall–Kier alpha value is -3.73. The van der Waals surface area contributed by atoms with Crippen LogP contribution in [0.25, 0.3) is 22.2 Å². The Morgan fingerprint density at radius 1 is 0.929 bits per heavy atom. The number of nitrogen functional groups attached to an aromatic ring is 1. The van der Waals surface area contributed by atoms with E-state index in [1.54, 1.807) is 24.5 Å². The third-order valence-electron chi connectivity index (χ3n) is 4.79. The van der Waals surface area contributed by atoms with Crippen LogP contribution in [0.4, 0.5) is 11.4 Å². The molecule has 3 N–H and O–H groups in total. The van der Waals surface area contributed by atoms with E-state index in [0.717, 1.165) is 33.3 Å². The van der Waals surface area contributed by atoms with Crippen molar-refractivity contribution in [3.8, 4) is 11.3 Å². The smallest absolute Gasteiger partial charge is 0.255 e. The zero-order valence-electron chi connectivity index (χ0n) is 15.7. The Labute approximate surface area is 163 Å². The summed E-state index contributed by atoms with van der Waals surface area (Å²) in [5.74, 6) is -0.167. The maximum Gasteiger partial charge on any atom is 0.255 e. The topological polar surface area (TPSA) is 80.9 Å². The molecule has 0 atom stereocenters. The molecular formula is C23H20N4O. The van der Waals surface area contributed by atoms with Gasteiger partial charge >= 0.3 is 0 Å². The zero-order chi connectivity index (χ0) is 19.7. The zero-order valence-corrected chi connectivity index (χ0v) is 15.7. The van der Waals surface area contributed by atoms with E-state index in [-0.39, 0.29) is 5.91 Å². The minimum Gasteiger partial charge on any atom is -0.399 e. The fourth-order valence-corrected chi connectivity index (χ4v) is 3.31. The number of nitrogens with zero attached hydrogens (tertiary/aromatic N) is 2. The number of carbonyl (C=O) groups excluding carboxylic acids is 1. The van der Waals surface area contributed by atoms with Crippen molar-refractivity contribution in [3.63, 3.8) is 0 Å². The average molecular weight is 368 g/mol. The Kier molecular flexibility index (Phi) is 4.49. The van der Waals surface area contributed by atoms with E-state index in [9.17, 15) is 4.79 Å². The number of carbonyl (C=O) groups is 1. The normalized spacial score (nSPS) is 10.8. The molecule has 5 heteroatoms. The number of amides is 1. The number of rotatable bonds is 3. The highest BCUT2D eigenvalue weighted by Gasteiger charge is 2.13. The van der Waals surface area contributed by atoms with Crippen LogP contribution in [0.2, 0.25) is 0 Å². The number of para-hydroxylation sites is 1. The maximum absolute atomic E-state index is 12.7. The molecule has 4 rings (SSSR count). The first-order chi connectivity index (χ1) is 13.5. The fraction of sp³-hybridized carbons (Fsp3) is 0.0870. The summed E-state index contributed by atoms with van der Waals surface area (Å²) in [6.07, 6.45) is 1.57. The monoisotopic (exact) mass is 368 g/mol. The Bertz CT molecular complexity index is 1200. The number of nitrogens with one attached hydrogen (secondary N) is 1. The van der Waals surface area contributed by atoms with Gasteiger partial charge in [-0.15, -0.1) is 0 Å². The molecule has 0 aliphatic heterocycles. The van der Waals surface area contributed by atoms with Crippen LogP contribution in [0.5, 0.6) is 0 Å². The lowest BCUT2D eigenvalue weighted by Crippen LogP contribution is -2.13. The van der Waals surface area contributed by atoms with Crippen LogP contribution in [-0.2, 0) is 0 Å². The lowest BCUT2D eigenvalue weighted by Gasteiger charge is -2.12. The van der Waals surface area contributed by atoms with E-state index in [4.69, 9.17) is 5.73 Å². The molecule has 0 unspecified atom stereocenters. The highest BCUT2D eigenvalue weighted by molar-refractivity contribution is 6.06. The molecule has 0 saturated carbocycles. The van der Waals surface area contributed by atoms with Crippen LogP contribution >= 0.6 is 0 Å². The molecule has 138 valence electrons. The van der Waals surface area contributed by atoms with Gasteiger partial charge in [-0.05, 0) is 61.4 Å². The molecule has 0 bridgehead atoms. The highest BCUT2D eigenvalue weighted by Crippen LogP contribution is 2.30. The molecule has 4 aromatic rings. The summed E-state index contributed by atoms with van der Waals surface area (Å²) < 4.78 is 0. The Morgan fingerprint density at radius 3 is 2.57 bits per heavy atom. The fourth-order valence-electron chi connectivity index (χ4n) is 3.31. The molecule has 0 spiro atoms. The third kappa shape index (κ3) is 3.30. The first-order valence-electron chi connectivity index (χ1n) is 9.01. The van der Waals surface area contributed by atoms with Crippen LogP contribution < -0.4 is 11.1 Å². The second-order valence-corrected chi connectivity index (χ2v) is 6.80. The predicted molar refractivity (Wildman–Crippen MR) is 113 cm³/mol. The second kappa shape index (κ2) is 7.12. The van der Waals surface area contributed by atoms with E-state index < -0.39 is 0 Å². The maximum atomic E-state index is 12.7. The van der Waals surface area contributed by atoms with Crippen molar-refractivity contribution in [2.24, 2.45) is 0 Å². The van der Waals surface area contributed by atoms with Gasteiger partial charge in [0.05, 0.1) is 11.2 Å². The number of aromatic nitrogens is 2. The predicted octanol–water partition coefficient (Wildman–Crippen LogP) is 4.75. The summed E-state index contributed by atoms with van der Waals surface area (Å²) in [7, 11) is 0. The number of fused-ring (bicyclic) bond motifs is 1. The van der Waals surface area contributed by atoms with Gasteiger partial charge in [0.1, 0.15) is 6.33 Å². The first-order valence-corrected chi connectivity index (χ1v) is 9.01. The molecular weight excluding hydrogens is 348 g/mol. The van der Waals surface area contributed by atoms with Crippen molar-refractivity contribution in [2.75, 3.05) is 11.1 Å². The van der Waals surface area contributed by atoms with Crippen molar-refractivity contribution < 1.29 is 4.79 Å².